The number of anilines is 1. The molecule has 0 bridgehead atoms. The maximum atomic E-state index is 13.4. The fraction of sp³-hybridized carbons (Fsp3) is 0.409. The summed E-state index contributed by atoms with van der Waals surface area (Å²) in [6.07, 6.45) is 3.78. The molecule has 0 unspecified atom stereocenters. The van der Waals surface area contributed by atoms with Gasteiger partial charge in [-0.25, -0.2) is 23.5 Å². The molecule has 9 heteroatoms. The van der Waals surface area contributed by atoms with E-state index in [1.54, 1.807) is 6.07 Å². The van der Waals surface area contributed by atoms with E-state index in [4.69, 9.17) is 0 Å². The molecule has 0 aliphatic carbocycles. The molecule has 5 rings (SSSR count). The van der Waals surface area contributed by atoms with Gasteiger partial charge in [-0.05, 0) is 37.0 Å². The molecule has 0 atom stereocenters. The van der Waals surface area contributed by atoms with Crippen LogP contribution < -0.4 is 4.90 Å². The van der Waals surface area contributed by atoms with Gasteiger partial charge in [0, 0.05) is 45.0 Å². The van der Waals surface area contributed by atoms with Crippen molar-refractivity contribution in [2.75, 3.05) is 37.6 Å². The first-order chi connectivity index (χ1) is 15.0. The number of halogens is 2. The normalized spacial score (nSPS) is 16.8. The molecule has 31 heavy (non-hydrogen) atoms. The molecule has 0 spiro atoms. The van der Waals surface area contributed by atoms with E-state index in [0.717, 1.165) is 74.7 Å². The zero-order chi connectivity index (χ0) is 21.5. The lowest BCUT2D eigenvalue weighted by atomic mass is 10.1. The van der Waals surface area contributed by atoms with Crippen molar-refractivity contribution in [3.63, 3.8) is 0 Å². The Morgan fingerprint density at radius 1 is 1.06 bits per heavy atom. The summed E-state index contributed by atoms with van der Waals surface area (Å²) in [5.41, 5.74) is 3.27. The largest absolute Gasteiger partial charge is 0.478 e. The Bertz CT molecular complexity index is 1150. The number of aromatic carboxylic acids is 1. The van der Waals surface area contributed by atoms with Gasteiger partial charge in [-0.1, -0.05) is 6.07 Å². The molecule has 2 aliphatic heterocycles. The van der Waals surface area contributed by atoms with Crippen molar-refractivity contribution in [2.24, 2.45) is 0 Å². The molecule has 1 saturated heterocycles. The number of rotatable bonds is 5. The topological polar surface area (TPSA) is 74.5 Å². The van der Waals surface area contributed by atoms with Crippen LogP contribution >= 0.6 is 0 Å². The van der Waals surface area contributed by atoms with Gasteiger partial charge in [0.2, 0.25) is 0 Å². The number of aryl methyl sites for hydroxylation is 1. The highest BCUT2D eigenvalue weighted by atomic mass is 19.2. The lowest BCUT2D eigenvalue weighted by Crippen LogP contribution is -2.47. The number of carbonyl (C=O) groups is 1. The summed E-state index contributed by atoms with van der Waals surface area (Å²) in [5.74, 6) is -1.78. The van der Waals surface area contributed by atoms with E-state index in [0.29, 0.717) is 17.5 Å². The predicted molar refractivity (Wildman–Crippen MR) is 112 cm³/mol. The number of hydrogen-bond acceptors (Lipinski definition) is 5. The average molecular weight is 427 g/mol. The minimum absolute atomic E-state index is 0.307. The number of hydrogen-bond donors (Lipinski definition) is 1. The first kappa shape index (κ1) is 19.9. The number of aromatic nitrogens is 3. The summed E-state index contributed by atoms with van der Waals surface area (Å²) in [6.45, 7) is 4.69. The van der Waals surface area contributed by atoms with Gasteiger partial charge in [-0.2, -0.15) is 0 Å². The van der Waals surface area contributed by atoms with Crippen molar-refractivity contribution in [3.05, 3.63) is 53.0 Å². The first-order valence-electron chi connectivity index (χ1n) is 10.5. The molecule has 1 N–H and O–H groups in total. The Balaban J connectivity index is 1.31. The Morgan fingerprint density at radius 3 is 2.61 bits per heavy atom. The maximum Gasteiger partial charge on any atom is 0.339 e. The number of piperazine rings is 1. The predicted octanol–water partition coefficient (Wildman–Crippen LogP) is 2.72. The van der Waals surface area contributed by atoms with E-state index >= 15 is 0 Å². The second-order valence-corrected chi connectivity index (χ2v) is 8.10. The lowest BCUT2D eigenvalue weighted by Gasteiger charge is -2.35. The molecule has 0 saturated carbocycles. The summed E-state index contributed by atoms with van der Waals surface area (Å²) in [6, 6.07) is 4.06. The van der Waals surface area contributed by atoms with Crippen LogP contribution in [0.15, 0.2) is 24.5 Å². The molecule has 7 nitrogen and oxygen atoms in total. The van der Waals surface area contributed by atoms with E-state index < -0.39 is 17.6 Å². The van der Waals surface area contributed by atoms with Crippen LogP contribution in [0.5, 0.6) is 0 Å². The first-order valence-corrected chi connectivity index (χ1v) is 10.5. The third-order valence-corrected chi connectivity index (χ3v) is 6.31. The van der Waals surface area contributed by atoms with Crippen molar-refractivity contribution in [1.82, 2.24) is 19.4 Å². The average Bonchev–Trinajstić information content (AvgIpc) is 3.35. The zero-order valence-corrected chi connectivity index (χ0v) is 17.0. The molecule has 1 aromatic carbocycles. The quantitative estimate of drug-likeness (QED) is 0.675. The number of carboxylic acid groups (broad SMARTS) is 1. The minimum Gasteiger partial charge on any atom is -0.478 e. The van der Waals surface area contributed by atoms with Gasteiger partial charge < -0.3 is 14.6 Å². The van der Waals surface area contributed by atoms with Crippen molar-refractivity contribution in [3.8, 4) is 0 Å². The molecule has 3 aromatic rings. The van der Waals surface area contributed by atoms with Crippen molar-refractivity contribution in [1.29, 1.82) is 0 Å². The molecule has 2 aromatic heterocycles. The van der Waals surface area contributed by atoms with Gasteiger partial charge in [0.15, 0.2) is 17.5 Å². The second-order valence-electron chi connectivity index (χ2n) is 8.10. The molecule has 2 aliphatic rings. The monoisotopic (exact) mass is 427 g/mol. The van der Waals surface area contributed by atoms with Gasteiger partial charge in [0.05, 0.1) is 0 Å². The molecular weight excluding hydrogens is 404 g/mol. The molecule has 0 radical (unpaired) electrons. The number of carboxylic acids is 1. The standard InChI is InChI=1S/C22H23F2N5O2/c23-15-4-3-14(12-16(15)24)5-7-27-8-10-28(11-9-27)21-20-19(25-13-26-21)18(22(30)31)17-2-1-6-29(17)20/h3-4,12-13H,1-2,5-11H2,(H,30,31). The third kappa shape index (κ3) is 3.52. The maximum absolute atomic E-state index is 13.4. The van der Waals surface area contributed by atoms with E-state index in [-0.39, 0.29) is 0 Å². The Labute approximate surface area is 177 Å². The fourth-order valence-corrected chi connectivity index (χ4v) is 4.74. The molecule has 162 valence electrons. The summed E-state index contributed by atoms with van der Waals surface area (Å²) in [7, 11) is 0. The Morgan fingerprint density at radius 2 is 1.87 bits per heavy atom. The summed E-state index contributed by atoms with van der Waals surface area (Å²) in [4.78, 5) is 25.2. The molecular formula is C22H23F2N5O2. The van der Waals surface area contributed by atoms with Crippen LogP contribution in [0.3, 0.4) is 0 Å². The van der Waals surface area contributed by atoms with Crippen molar-refractivity contribution >= 4 is 22.8 Å². The van der Waals surface area contributed by atoms with Crippen LogP contribution in [-0.4, -0.2) is 63.2 Å². The Kier molecular flexibility index (Phi) is 5.05. The van der Waals surface area contributed by atoms with Crippen LogP contribution in [0.2, 0.25) is 0 Å². The highest BCUT2D eigenvalue weighted by Gasteiger charge is 2.30. The van der Waals surface area contributed by atoms with Gasteiger partial charge in [0.1, 0.15) is 22.9 Å². The van der Waals surface area contributed by atoms with Crippen LogP contribution in [0, 0.1) is 11.6 Å². The SMILES string of the molecule is O=C(O)c1c2n(c3c(N4CCN(CCc5ccc(F)c(F)c5)CC4)ncnc13)CCC2. The van der Waals surface area contributed by atoms with Crippen molar-refractivity contribution < 1.29 is 18.7 Å². The molecule has 4 heterocycles. The van der Waals surface area contributed by atoms with E-state index in [1.165, 1.54) is 18.5 Å². The summed E-state index contributed by atoms with van der Waals surface area (Å²) in [5, 5.41) is 9.72. The zero-order valence-electron chi connectivity index (χ0n) is 17.0. The van der Waals surface area contributed by atoms with E-state index in [9.17, 15) is 18.7 Å². The number of fused-ring (bicyclic) bond motifs is 3. The van der Waals surface area contributed by atoms with Crippen LogP contribution in [-0.2, 0) is 19.4 Å². The number of benzene rings is 1. The summed E-state index contributed by atoms with van der Waals surface area (Å²) >= 11 is 0. The van der Waals surface area contributed by atoms with Gasteiger partial charge in [0.25, 0.3) is 0 Å². The molecule has 0 amide bonds. The van der Waals surface area contributed by atoms with E-state index in [2.05, 4.69) is 24.3 Å². The Hall–Kier alpha value is -3.07. The summed E-state index contributed by atoms with van der Waals surface area (Å²) < 4.78 is 28.6. The number of nitrogens with zero attached hydrogens (tertiary/aromatic N) is 5. The second kappa shape index (κ2) is 7.88. The van der Waals surface area contributed by atoms with E-state index in [1.807, 2.05) is 0 Å². The van der Waals surface area contributed by atoms with Crippen molar-refractivity contribution in [2.45, 2.75) is 25.8 Å². The lowest BCUT2D eigenvalue weighted by molar-refractivity contribution is 0.0697. The van der Waals surface area contributed by atoms with Gasteiger partial charge in [-0.3, -0.25) is 4.90 Å². The fourth-order valence-electron chi connectivity index (χ4n) is 4.74. The highest BCUT2D eigenvalue weighted by molar-refractivity contribution is 6.06. The highest BCUT2D eigenvalue weighted by Crippen LogP contribution is 2.35. The van der Waals surface area contributed by atoms with Crippen LogP contribution in [0.4, 0.5) is 14.6 Å². The van der Waals surface area contributed by atoms with Gasteiger partial charge >= 0.3 is 5.97 Å². The smallest absolute Gasteiger partial charge is 0.339 e. The minimum atomic E-state index is -0.938. The molecule has 1 fully saturated rings. The van der Waals surface area contributed by atoms with Gasteiger partial charge in [-0.15, -0.1) is 0 Å². The third-order valence-electron chi connectivity index (χ3n) is 6.31. The van der Waals surface area contributed by atoms with Crippen LogP contribution in [0.25, 0.3) is 11.0 Å². The van der Waals surface area contributed by atoms with Crippen LogP contribution in [0.1, 0.15) is 28.0 Å².